The van der Waals surface area contributed by atoms with E-state index in [1.807, 2.05) is 37.3 Å². The molecule has 0 bridgehead atoms. The molecule has 3 nitrogen and oxygen atoms in total. The maximum Gasteiger partial charge on any atom is 0.238 e. The number of hydrogen-bond donors (Lipinski definition) is 2. The number of hydrogen-bond acceptors (Lipinski definition) is 2. The summed E-state index contributed by atoms with van der Waals surface area (Å²) in [4.78, 5) is 11.6. The molecule has 0 aliphatic heterocycles. The fourth-order valence-electron chi connectivity index (χ4n) is 1.48. The molecular formula is C14H20N2O. The van der Waals surface area contributed by atoms with Crippen LogP contribution in [-0.2, 0) is 4.79 Å². The molecule has 0 saturated carbocycles. The average Bonchev–Trinajstić information content (AvgIpc) is 2.32. The van der Waals surface area contributed by atoms with Gasteiger partial charge in [-0.05, 0) is 37.9 Å². The van der Waals surface area contributed by atoms with Crippen LogP contribution < -0.4 is 10.6 Å². The number of nitrogens with one attached hydrogen (secondary N) is 2. The van der Waals surface area contributed by atoms with Crippen LogP contribution in [0.4, 0.5) is 5.69 Å². The van der Waals surface area contributed by atoms with Gasteiger partial charge in [-0.1, -0.05) is 24.3 Å². The molecule has 0 heterocycles. The highest BCUT2D eigenvalue weighted by Crippen LogP contribution is 2.12. The molecule has 0 saturated heterocycles. The largest absolute Gasteiger partial charge is 0.325 e. The Labute approximate surface area is 103 Å². The lowest BCUT2D eigenvalue weighted by Gasteiger charge is -2.08. The van der Waals surface area contributed by atoms with Gasteiger partial charge < -0.3 is 10.6 Å². The molecule has 1 amide bonds. The lowest BCUT2D eigenvalue weighted by atomic mass is 10.2. The van der Waals surface area contributed by atoms with E-state index in [1.54, 1.807) is 0 Å². The number of rotatable bonds is 7. The van der Waals surface area contributed by atoms with Gasteiger partial charge in [0.05, 0.1) is 6.54 Å². The van der Waals surface area contributed by atoms with Crippen molar-refractivity contribution in [2.24, 2.45) is 0 Å². The first-order valence-electron chi connectivity index (χ1n) is 5.91. The Balaban J connectivity index is 2.25. The van der Waals surface area contributed by atoms with Gasteiger partial charge >= 0.3 is 0 Å². The van der Waals surface area contributed by atoms with E-state index < -0.39 is 0 Å². The van der Waals surface area contributed by atoms with E-state index >= 15 is 0 Å². The third kappa shape index (κ3) is 5.31. The molecule has 1 aromatic carbocycles. The van der Waals surface area contributed by atoms with E-state index in [1.165, 1.54) is 0 Å². The maximum absolute atomic E-state index is 11.6. The van der Waals surface area contributed by atoms with E-state index in [0.29, 0.717) is 6.54 Å². The Morgan fingerprint density at radius 1 is 1.41 bits per heavy atom. The molecule has 0 radical (unpaired) electrons. The first-order valence-corrected chi connectivity index (χ1v) is 5.91. The molecule has 0 aliphatic carbocycles. The highest BCUT2D eigenvalue weighted by atomic mass is 16.1. The number of carbonyl (C=O) groups is 1. The second-order valence-corrected chi connectivity index (χ2v) is 3.97. The Bertz CT molecular complexity index is 374. The first-order chi connectivity index (χ1) is 8.24. The molecule has 3 heteroatoms. The molecule has 0 fully saturated rings. The molecule has 1 aromatic rings. The van der Waals surface area contributed by atoms with Crippen LogP contribution in [0.2, 0.25) is 0 Å². The first kappa shape index (κ1) is 13.5. The summed E-state index contributed by atoms with van der Waals surface area (Å²) in [5, 5.41) is 5.98. The van der Waals surface area contributed by atoms with Crippen molar-refractivity contribution >= 4 is 11.6 Å². The summed E-state index contributed by atoms with van der Waals surface area (Å²) in [7, 11) is 0. The SMILES string of the molecule is C=CCCCNCC(=O)Nc1ccccc1C. The van der Waals surface area contributed by atoms with E-state index in [-0.39, 0.29) is 5.91 Å². The van der Waals surface area contributed by atoms with Crippen LogP contribution in [-0.4, -0.2) is 19.0 Å². The Hall–Kier alpha value is -1.61. The minimum atomic E-state index is -0.00194. The highest BCUT2D eigenvalue weighted by molar-refractivity contribution is 5.92. The summed E-state index contributed by atoms with van der Waals surface area (Å²) < 4.78 is 0. The standard InChI is InChI=1S/C14H20N2O/c1-3-4-7-10-15-11-14(17)16-13-9-6-5-8-12(13)2/h3,5-6,8-9,15H,1,4,7,10-11H2,2H3,(H,16,17). The minimum Gasteiger partial charge on any atom is -0.325 e. The van der Waals surface area contributed by atoms with E-state index in [4.69, 9.17) is 0 Å². The van der Waals surface area contributed by atoms with Crippen molar-refractivity contribution < 1.29 is 4.79 Å². The summed E-state index contributed by atoms with van der Waals surface area (Å²) >= 11 is 0. The van der Waals surface area contributed by atoms with Crippen LogP contribution in [0.1, 0.15) is 18.4 Å². The number of para-hydroxylation sites is 1. The van der Waals surface area contributed by atoms with Gasteiger partial charge in [0.25, 0.3) is 0 Å². The topological polar surface area (TPSA) is 41.1 Å². The predicted molar refractivity (Wildman–Crippen MR) is 72.1 cm³/mol. The second-order valence-electron chi connectivity index (χ2n) is 3.97. The smallest absolute Gasteiger partial charge is 0.238 e. The van der Waals surface area contributed by atoms with Crippen LogP contribution in [0.25, 0.3) is 0 Å². The second kappa shape index (κ2) is 7.63. The number of benzene rings is 1. The third-order valence-corrected chi connectivity index (χ3v) is 2.47. The van der Waals surface area contributed by atoms with Gasteiger partial charge in [0, 0.05) is 5.69 Å². The number of aryl methyl sites for hydroxylation is 1. The van der Waals surface area contributed by atoms with E-state index in [0.717, 1.165) is 30.6 Å². The summed E-state index contributed by atoms with van der Waals surface area (Å²) in [5.74, 6) is -0.00194. The van der Waals surface area contributed by atoms with Crippen molar-refractivity contribution in [2.75, 3.05) is 18.4 Å². The van der Waals surface area contributed by atoms with Gasteiger partial charge in [-0.2, -0.15) is 0 Å². The molecule has 92 valence electrons. The normalized spacial score (nSPS) is 9.94. The quantitative estimate of drug-likeness (QED) is 0.560. The van der Waals surface area contributed by atoms with Gasteiger partial charge in [0.15, 0.2) is 0 Å². The van der Waals surface area contributed by atoms with Gasteiger partial charge in [-0.15, -0.1) is 6.58 Å². The monoisotopic (exact) mass is 232 g/mol. The zero-order valence-electron chi connectivity index (χ0n) is 10.3. The molecular weight excluding hydrogens is 212 g/mol. The van der Waals surface area contributed by atoms with Crippen molar-refractivity contribution in [2.45, 2.75) is 19.8 Å². The predicted octanol–water partition coefficient (Wildman–Crippen LogP) is 2.49. The number of carbonyl (C=O) groups excluding carboxylic acids is 1. The Morgan fingerprint density at radius 2 is 2.18 bits per heavy atom. The van der Waals surface area contributed by atoms with E-state index in [9.17, 15) is 4.79 Å². The highest BCUT2D eigenvalue weighted by Gasteiger charge is 2.02. The summed E-state index contributed by atoms with van der Waals surface area (Å²) in [6.45, 7) is 6.82. The number of allylic oxidation sites excluding steroid dienone is 1. The fourth-order valence-corrected chi connectivity index (χ4v) is 1.48. The molecule has 0 aliphatic rings. The van der Waals surface area contributed by atoms with Crippen molar-refractivity contribution in [3.05, 3.63) is 42.5 Å². The van der Waals surface area contributed by atoms with Crippen LogP contribution in [0.5, 0.6) is 0 Å². The molecule has 0 atom stereocenters. The van der Waals surface area contributed by atoms with Gasteiger partial charge in [-0.25, -0.2) is 0 Å². The molecule has 17 heavy (non-hydrogen) atoms. The van der Waals surface area contributed by atoms with Crippen molar-refractivity contribution in [3.8, 4) is 0 Å². The molecule has 0 aromatic heterocycles. The number of unbranched alkanes of at least 4 members (excludes halogenated alkanes) is 1. The van der Waals surface area contributed by atoms with Crippen LogP contribution in [0.15, 0.2) is 36.9 Å². The fraction of sp³-hybridized carbons (Fsp3) is 0.357. The molecule has 0 spiro atoms. The van der Waals surface area contributed by atoms with Crippen LogP contribution >= 0.6 is 0 Å². The van der Waals surface area contributed by atoms with Crippen molar-refractivity contribution in [1.29, 1.82) is 0 Å². The zero-order chi connectivity index (χ0) is 12.5. The third-order valence-electron chi connectivity index (χ3n) is 2.47. The molecule has 2 N–H and O–H groups in total. The molecule has 1 rings (SSSR count). The molecule has 0 unspecified atom stereocenters. The zero-order valence-corrected chi connectivity index (χ0v) is 10.3. The van der Waals surface area contributed by atoms with Gasteiger partial charge in [-0.3, -0.25) is 4.79 Å². The minimum absolute atomic E-state index is 0.00194. The summed E-state index contributed by atoms with van der Waals surface area (Å²) in [5.41, 5.74) is 1.96. The lowest BCUT2D eigenvalue weighted by Crippen LogP contribution is -2.28. The summed E-state index contributed by atoms with van der Waals surface area (Å²) in [6.07, 6.45) is 3.88. The number of amides is 1. The van der Waals surface area contributed by atoms with E-state index in [2.05, 4.69) is 17.2 Å². The van der Waals surface area contributed by atoms with Crippen molar-refractivity contribution in [3.63, 3.8) is 0 Å². The summed E-state index contributed by atoms with van der Waals surface area (Å²) in [6, 6.07) is 7.76. The average molecular weight is 232 g/mol. The Kier molecular flexibility index (Phi) is 6.04. The van der Waals surface area contributed by atoms with Crippen molar-refractivity contribution in [1.82, 2.24) is 5.32 Å². The maximum atomic E-state index is 11.6. The van der Waals surface area contributed by atoms with Gasteiger partial charge in [0.2, 0.25) is 5.91 Å². The van der Waals surface area contributed by atoms with Crippen LogP contribution in [0, 0.1) is 6.92 Å². The van der Waals surface area contributed by atoms with Crippen LogP contribution in [0.3, 0.4) is 0 Å². The lowest BCUT2D eigenvalue weighted by molar-refractivity contribution is -0.115. The van der Waals surface area contributed by atoms with Gasteiger partial charge in [0.1, 0.15) is 0 Å². The Morgan fingerprint density at radius 3 is 2.88 bits per heavy atom. The number of anilines is 1.